The van der Waals surface area contributed by atoms with Crippen LogP contribution in [0, 0.1) is 6.92 Å². The van der Waals surface area contributed by atoms with Crippen molar-refractivity contribution in [2.45, 2.75) is 13.3 Å². The molecule has 0 unspecified atom stereocenters. The van der Waals surface area contributed by atoms with Gasteiger partial charge in [-0.15, -0.1) is 0 Å². The van der Waals surface area contributed by atoms with E-state index in [1.807, 2.05) is 0 Å². The number of nitrogens with zero attached hydrogens (tertiary/aromatic N) is 2. The SMILES string of the molecule is Cc1cc(NCCc2ncno2)cc(C(=O)O)c1N. The molecule has 1 heterocycles. The van der Waals surface area contributed by atoms with Crippen molar-refractivity contribution < 1.29 is 14.4 Å². The zero-order valence-electron chi connectivity index (χ0n) is 10.4. The number of aromatic nitrogens is 2. The van der Waals surface area contributed by atoms with Gasteiger partial charge in [0.25, 0.3) is 0 Å². The molecule has 0 aliphatic carbocycles. The molecule has 2 rings (SSSR count). The lowest BCUT2D eigenvalue weighted by Gasteiger charge is -2.10. The lowest BCUT2D eigenvalue weighted by Crippen LogP contribution is -2.09. The van der Waals surface area contributed by atoms with Gasteiger partial charge in [-0.1, -0.05) is 5.16 Å². The number of benzene rings is 1. The number of hydrogen-bond acceptors (Lipinski definition) is 6. The molecule has 7 heteroatoms. The van der Waals surface area contributed by atoms with Crippen LogP contribution in [0.5, 0.6) is 0 Å². The first-order valence-electron chi connectivity index (χ1n) is 5.70. The number of aromatic carboxylic acids is 1. The van der Waals surface area contributed by atoms with Gasteiger partial charge in [0.05, 0.1) is 5.56 Å². The molecular formula is C12H14N4O3. The number of anilines is 2. The lowest BCUT2D eigenvalue weighted by atomic mass is 10.1. The van der Waals surface area contributed by atoms with Gasteiger partial charge in [0, 0.05) is 24.3 Å². The minimum Gasteiger partial charge on any atom is -0.478 e. The summed E-state index contributed by atoms with van der Waals surface area (Å²) in [7, 11) is 0. The van der Waals surface area contributed by atoms with E-state index in [9.17, 15) is 4.79 Å². The largest absolute Gasteiger partial charge is 0.478 e. The third kappa shape index (κ3) is 3.01. The molecule has 0 saturated heterocycles. The van der Waals surface area contributed by atoms with Crippen LogP contribution in [0.2, 0.25) is 0 Å². The maximum atomic E-state index is 11.0. The van der Waals surface area contributed by atoms with E-state index >= 15 is 0 Å². The highest BCUT2D eigenvalue weighted by Gasteiger charge is 2.11. The lowest BCUT2D eigenvalue weighted by molar-refractivity contribution is 0.0698. The Labute approximate surface area is 109 Å². The smallest absolute Gasteiger partial charge is 0.337 e. The normalized spacial score (nSPS) is 10.4. The first-order valence-corrected chi connectivity index (χ1v) is 5.70. The third-order valence-corrected chi connectivity index (χ3v) is 2.69. The fourth-order valence-corrected chi connectivity index (χ4v) is 1.70. The molecule has 2 aromatic rings. The van der Waals surface area contributed by atoms with Crippen LogP contribution in [-0.2, 0) is 6.42 Å². The molecule has 1 aromatic carbocycles. The summed E-state index contributed by atoms with van der Waals surface area (Å²) in [4.78, 5) is 14.9. The Morgan fingerprint density at radius 1 is 1.53 bits per heavy atom. The zero-order valence-corrected chi connectivity index (χ0v) is 10.4. The molecule has 0 bridgehead atoms. The molecule has 0 atom stereocenters. The van der Waals surface area contributed by atoms with Crippen LogP contribution in [-0.4, -0.2) is 27.8 Å². The van der Waals surface area contributed by atoms with Gasteiger partial charge in [0.15, 0.2) is 6.33 Å². The molecule has 0 spiro atoms. The minimum atomic E-state index is -1.04. The first-order chi connectivity index (χ1) is 9.08. The van der Waals surface area contributed by atoms with Gasteiger partial charge in [-0.2, -0.15) is 4.98 Å². The van der Waals surface area contributed by atoms with Crippen molar-refractivity contribution in [2.75, 3.05) is 17.6 Å². The highest BCUT2D eigenvalue weighted by molar-refractivity contribution is 5.95. The molecule has 19 heavy (non-hydrogen) atoms. The number of nitrogens with two attached hydrogens (primary N) is 1. The van der Waals surface area contributed by atoms with Crippen molar-refractivity contribution in [3.63, 3.8) is 0 Å². The number of aryl methyl sites for hydroxylation is 1. The highest BCUT2D eigenvalue weighted by Crippen LogP contribution is 2.22. The molecule has 100 valence electrons. The molecule has 7 nitrogen and oxygen atoms in total. The molecular weight excluding hydrogens is 248 g/mol. The molecule has 1 aromatic heterocycles. The Bertz CT molecular complexity index is 581. The van der Waals surface area contributed by atoms with Gasteiger partial charge >= 0.3 is 5.97 Å². The maximum Gasteiger partial charge on any atom is 0.337 e. The van der Waals surface area contributed by atoms with E-state index in [0.29, 0.717) is 24.5 Å². The average Bonchev–Trinajstić information content (AvgIpc) is 2.86. The quantitative estimate of drug-likeness (QED) is 0.696. The second-order valence-electron chi connectivity index (χ2n) is 4.07. The molecule has 0 fully saturated rings. The van der Waals surface area contributed by atoms with E-state index in [-0.39, 0.29) is 11.3 Å². The summed E-state index contributed by atoms with van der Waals surface area (Å²) in [6.07, 6.45) is 1.90. The van der Waals surface area contributed by atoms with E-state index < -0.39 is 5.97 Å². The first kappa shape index (κ1) is 12.9. The number of nitrogen functional groups attached to an aromatic ring is 1. The van der Waals surface area contributed by atoms with Crippen molar-refractivity contribution in [1.29, 1.82) is 0 Å². The van der Waals surface area contributed by atoms with E-state index in [4.69, 9.17) is 15.4 Å². The predicted octanol–water partition coefficient (Wildman–Crippen LogP) is 1.31. The second-order valence-corrected chi connectivity index (χ2v) is 4.07. The molecule has 0 amide bonds. The molecule has 0 aliphatic heterocycles. The van der Waals surface area contributed by atoms with Crippen LogP contribution in [0.4, 0.5) is 11.4 Å². The van der Waals surface area contributed by atoms with Crippen molar-refractivity contribution in [3.05, 3.63) is 35.5 Å². The predicted molar refractivity (Wildman–Crippen MR) is 69.0 cm³/mol. The molecule has 0 radical (unpaired) electrons. The van der Waals surface area contributed by atoms with Gasteiger partial charge in [-0.05, 0) is 24.6 Å². The van der Waals surface area contributed by atoms with Gasteiger partial charge < -0.3 is 20.7 Å². The number of carboxylic acids is 1. The zero-order chi connectivity index (χ0) is 13.8. The Morgan fingerprint density at radius 3 is 2.95 bits per heavy atom. The summed E-state index contributed by atoms with van der Waals surface area (Å²) >= 11 is 0. The second kappa shape index (κ2) is 5.38. The molecule has 0 saturated carbocycles. The number of carboxylic acid groups (broad SMARTS) is 1. The Hall–Kier alpha value is -2.57. The fourth-order valence-electron chi connectivity index (χ4n) is 1.70. The third-order valence-electron chi connectivity index (χ3n) is 2.69. The minimum absolute atomic E-state index is 0.0975. The summed E-state index contributed by atoms with van der Waals surface area (Å²) in [6, 6.07) is 3.31. The van der Waals surface area contributed by atoms with E-state index in [1.54, 1.807) is 13.0 Å². The fraction of sp³-hybridized carbons (Fsp3) is 0.250. The van der Waals surface area contributed by atoms with Crippen molar-refractivity contribution >= 4 is 17.3 Å². The average molecular weight is 262 g/mol. The Balaban J connectivity index is 2.06. The maximum absolute atomic E-state index is 11.0. The van der Waals surface area contributed by atoms with Crippen molar-refractivity contribution in [2.24, 2.45) is 0 Å². The van der Waals surface area contributed by atoms with Crippen LogP contribution in [0.1, 0.15) is 21.8 Å². The number of rotatable bonds is 5. The number of hydrogen-bond donors (Lipinski definition) is 3. The van der Waals surface area contributed by atoms with E-state index in [0.717, 1.165) is 5.56 Å². The van der Waals surface area contributed by atoms with Crippen molar-refractivity contribution in [1.82, 2.24) is 10.1 Å². The van der Waals surface area contributed by atoms with Crippen LogP contribution in [0.3, 0.4) is 0 Å². The van der Waals surface area contributed by atoms with E-state index in [1.165, 1.54) is 12.4 Å². The standard InChI is InChI=1S/C12H14N4O3/c1-7-4-8(5-9(11(7)13)12(17)18)14-3-2-10-15-6-16-19-10/h4-6,14H,2-3,13H2,1H3,(H,17,18). The van der Waals surface area contributed by atoms with Crippen LogP contribution >= 0.6 is 0 Å². The summed E-state index contributed by atoms with van der Waals surface area (Å²) in [5, 5.41) is 15.7. The Morgan fingerprint density at radius 2 is 2.32 bits per heavy atom. The van der Waals surface area contributed by atoms with Crippen LogP contribution < -0.4 is 11.1 Å². The van der Waals surface area contributed by atoms with Crippen LogP contribution in [0.15, 0.2) is 23.0 Å². The molecule has 4 N–H and O–H groups in total. The highest BCUT2D eigenvalue weighted by atomic mass is 16.5. The van der Waals surface area contributed by atoms with Gasteiger partial charge in [-0.3, -0.25) is 0 Å². The number of nitrogens with one attached hydrogen (secondary N) is 1. The summed E-state index contributed by atoms with van der Waals surface area (Å²) in [5.74, 6) is -0.515. The van der Waals surface area contributed by atoms with Gasteiger partial charge in [0.2, 0.25) is 5.89 Å². The van der Waals surface area contributed by atoms with Crippen molar-refractivity contribution in [3.8, 4) is 0 Å². The van der Waals surface area contributed by atoms with Gasteiger partial charge in [-0.25, -0.2) is 4.79 Å². The Kier molecular flexibility index (Phi) is 3.65. The van der Waals surface area contributed by atoms with Crippen LogP contribution in [0.25, 0.3) is 0 Å². The monoisotopic (exact) mass is 262 g/mol. The topological polar surface area (TPSA) is 114 Å². The summed E-state index contributed by atoms with van der Waals surface area (Å²) in [5.41, 5.74) is 7.52. The van der Waals surface area contributed by atoms with E-state index in [2.05, 4.69) is 15.5 Å². The summed E-state index contributed by atoms with van der Waals surface area (Å²) in [6.45, 7) is 2.33. The number of carbonyl (C=O) groups is 1. The molecule has 0 aliphatic rings. The van der Waals surface area contributed by atoms with Gasteiger partial charge in [0.1, 0.15) is 0 Å². The summed E-state index contributed by atoms with van der Waals surface area (Å²) < 4.78 is 4.86.